The fourth-order valence-electron chi connectivity index (χ4n) is 2.57. The van der Waals surface area contributed by atoms with E-state index in [1.807, 2.05) is 62.0 Å². The summed E-state index contributed by atoms with van der Waals surface area (Å²) in [7, 11) is 1.92. The number of halogens is 1. The first kappa shape index (κ1) is 20.3. The fraction of sp³-hybridized carbons (Fsp3) is 0.211. The Labute approximate surface area is 162 Å². The summed E-state index contributed by atoms with van der Waals surface area (Å²) in [5.41, 5.74) is 3.43. The Kier molecular flexibility index (Phi) is 6.79. The van der Waals surface area contributed by atoms with Crippen LogP contribution in [0.3, 0.4) is 0 Å². The monoisotopic (exact) mass is 388 g/mol. The summed E-state index contributed by atoms with van der Waals surface area (Å²) in [6.07, 6.45) is 3.61. The van der Waals surface area contributed by atoms with Crippen molar-refractivity contribution in [3.63, 3.8) is 0 Å². The maximum Gasteiger partial charge on any atom is 0.290 e. The molecule has 2 aromatic heterocycles. The fourth-order valence-corrected chi connectivity index (χ4v) is 2.77. The highest BCUT2D eigenvalue weighted by atomic mass is 35.5. The molecule has 3 aromatic rings. The molecule has 0 unspecified atom stereocenters. The van der Waals surface area contributed by atoms with Crippen LogP contribution in [0.4, 0.5) is 5.82 Å². The van der Waals surface area contributed by atoms with Crippen molar-refractivity contribution in [3.8, 4) is 0 Å². The Morgan fingerprint density at radius 3 is 2.56 bits per heavy atom. The quantitative estimate of drug-likeness (QED) is 0.669. The van der Waals surface area contributed by atoms with Gasteiger partial charge in [-0.15, -0.1) is 0 Å². The number of nitrogens with zero attached hydrogens (tertiary/aromatic N) is 3. The first-order chi connectivity index (χ1) is 12.9. The van der Waals surface area contributed by atoms with Gasteiger partial charge in [-0.1, -0.05) is 29.8 Å². The number of aromatic nitrogens is 3. The number of aryl methyl sites for hydroxylation is 2. The number of hydrogen-bond donors (Lipinski definition) is 2. The van der Waals surface area contributed by atoms with Crippen LogP contribution in [0.5, 0.6) is 0 Å². The molecule has 0 radical (unpaired) electrons. The second-order valence-electron chi connectivity index (χ2n) is 5.91. The van der Waals surface area contributed by atoms with E-state index in [1.165, 1.54) is 0 Å². The van der Waals surface area contributed by atoms with Gasteiger partial charge in [-0.3, -0.25) is 9.59 Å². The number of hydrogen-bond acceptors (Lipinski definition) is 3. The summed E-state index contributed by atoms with van der Waals surface area (Å²) in [4.78, 5) is 20.9. The summed E-state index contributed by atoms with van der Waals surface area (Å²) >= 11 is 6.23. The van der Waals surface area contributed by atoms with E-state index < -0.39 is 0 Å². The van der Waals surface area contributed by atoms with Crippen LogP contribution in [0.2, 0.25) is 5.02 Å². The Balaban J connectivity index is 0.000000817. The van der Waals surface area contributed by atoms with Gasteiger partial charge in [0, 0.05) is 29.5 Å². The summed E-state index contributed by atoms with van der Waals surface area (Å²) in [5.74, 6) is 0.542. The predicted octanol–water partition coefficient (Wildman–Crippen LogP) is 3.49. The van der Waals surface area contributed by atoms with Crippen molar-refractivity contribution < 1.29 is 14.7 Å². The van der Waals surface area contributed by atoms with Crippen molar-refractivity contribution in [2.45, 2.75) is 20.4 Å². The Morgan fingerprint density at radius 2 is 1.96 bits per heavy atom. The van der Waals surface area contributed by atoms with Crippen molar-refractivity contribution in [3.05, 3.63) is 70.1 Å². The molecule has 7 nitrogen and oxygen atoms in total. The van der Waals surface area contributed by atoms with Gasteiger partial charge < -0.3 is 15.0 Å². The minimum Gasteiger partial charge on any atom is -0.483 e. The van der Waals surface area contributed by atoms with E-state index in [9.17, 15) is 4.79 Å². The molecule has 0 fully saturated rings. The lowest BCUT2D eigenvalue weighted by molar-refractivity contribution is -0.122. The van der Waals surface area contributed by atoms with Crippen molar-refractivity contribution in [2.75, 3.05) is 5.32 Å². The lowest BCUT2D eigenvalue weighted by atomic mass is 10.2. The highest BCUT2D eigenvalue weighted by Crippen LogP contribution is 2.21. The molecule has 3 rings (SSSR count). The zero-order valence-corrected chi connectivity index (χ0v) is 16.1. The topological polar surface area (TPSA) is 89.2 Å². The molecule has 2 N–H and O–H groups in total. The van der Waals surface area contributed by atoms with Gasteiger partial charge in [-0.05, 0) is 31.5 Å². The minimum absolute atomic E-state index is 0.142. The van der Waals surface area contributed by atoms with Gasteiger partial charge in [-0.2, -0.15) is 5.10 Å². The number of carboxylic acid groups (broad SMARTS) is 1. The molecule has 1 amide bonds. The van der Waals surface area contributed by atoms with Crippen LogP contribution < -0.4 is 5.32 Å². The number of rotatable bonds is 4. The Hall–Kier alpha value is -3.06. The van der Waals surface area contributed by atoms with Crippen molar-refractivity contribution >= 4 is 29.8 Å². The third-order valence-corrected chi connectivity index (χ3v) is 4.53. The second kappa shape index (κ2) is 9.05. The largest absolute Gasteiger partial charge is 0.483 e. The first-order valence-corrected chi connectivity index (χ1v) is 8.53. The summed E-state index contributed by atoms with van der Waals surface area (Å²) in [6.45, 7) is 4.09. The lowest BCUT2D eigenvalue weighted by Gasteiger charge is -2.11. The normalized spacial score (nSPS) is 10.1. The average Bonchev–Trinajstić information content (AvgIpc) is 3.14. The number of carbonyl (C=O) groups is 2. The molecule has 0 aliphatic rings. The Bertz CT molecular complexity index is 946. The molecule has 0 saturated carbocycles. The van der Waals surface area contributed by atoms with E-state index in [2.05, 4.69) is 10.4 Å². The van der Waals surface area contributed by atoms with Gasteiger partial charge in [0.25, 0.3) is 12.4 Å². The van der Waals surface area contributed by atoms with Crippen molar-refractivity contribution in [1.29, 1.82) is 0 Å². The van der Waals surface area contributed by atoms with Crippen LogP contribution in [0, 0.1) is 13.8 Å². The van der Waals surface area contributed by atoms with Gasteiger partial charge in [0.15, 0.2) is 0 Å². The van der Waals surface area contributed by atoms with Gasteiger partial charge >= 0.3 is 0 Å². The van der Waals surface area contributed by atoms with Crippen LogP contribution in [-0.2, 0) is 18.4 Å². The number of benzene rings is 1. The highest BCUT2D eigenvalue weighted by Gasteiger charge is 2.16. The average molecular weight is 389 g/mol. The van der Waals surface area contributed by atoms with E-state index in [4.69, 9.17) is 21.5 Å². The van der Waals surface area contributed by atoms with Gasteiger partial charge in [0.2, 0.25) is 0 Å². The Morgan fingerprint density at radius 1 is 1.30 bits per heavy atom. The van der Waals surface area contributed by atoms with E-state index in [0.717, 1.165) is 16.8 Å². The molecule has 0 aliphatic carbocycles. The zero-order chi connectivity index (χ0) is 20.0. The van der Waals surface area contributed by atoms with E-state index in [-0.39, 0.29) is 12.4 Å². The zero-order valence-electron chi connectivity index (χ0n) is 15.3. The van der Waals surface area contributed by atoms with Crippen LogP contribution >= 0.6 is 11.6 Å². The summed E-state index contributed by atoms with van der Waals surface area (Å²) in [5, 5.41) is 14.9. The van der Waals surface area contributed by atoms with Crippen LogP contribution in [-0.4, -0.2) is 31.8 Å². The molecule has 1 aromatic carbocycles. The maximum absolute atomic E-state index is 12.6. The molecule has 2 heterocycles. The first-order valence-electron chi connectivity index (χ1n) is 8.16. The van der Waals surface area contributed by atoms with Crippen LogP contribution in [0.1, 0.15) is 27.2 Å². The molecular weight excluding hydrogens is 368 g/mol. The molecular formula is C19H21ClN4O3. The van der Waals surface area contributed by atoms with E-state index >= 15 is 0 Å². The third-order valence-electron chi connectivity index (χ3n) is 4.16. The molecule has 0 saturated heterocycles. The van der Waals surface area contributed by atoms with E-state index in [1.54, 1.807) is 10.9 Å². The smallest absolute Gasteiger partial charge is 0.290 e. The number of nitrogens with one attached hydrogen (secondary N) is 1. The number of carbonyl (C=O) groups excluding carboxylic acids is 1. The van der Waals surface area contributed by atoms with Crippen molar-refractivity contribution in [2.24, 2.45) is 7.05 Å². The molecule has 142 valence electrons. The van der Waals surface area contributed by atoms with Crippen molar-refractivity contribution in [1.82, 2.24) is 14.3 Å². The SMILES string of the molecule is Cc1cnn(Cc2ccccc2Cl)c1NC(=O)c1ccn(C)c1C.O=CO. The molecule has 0 aliphatic heterocycles. The van der Waals surface area contributed by atoms with Gasteiger partial charge in [0.05, 0.1) is 18.3 Å². The molecule has 0 bridgehead atoms. The summed E-state index contributed by atoms with van der Waals surface area (Å²) < 4.78 is 3.68. The second-order valence-corrected chi connectivity index (χ2v) is 6.32. The highest BCUT2D eigenvalue weighted by molar-refractivity contribution is 6.31. The standard InChI is InChI=1S/C18H19ClN4O.CH2O2/c1-12-10-20-23(11-14-6-4-5-7-16(14)19)17(12)21-18(24)15-8-9-22(3)13(15)2;2-1-3/h4-10H,11H2,1-3H3,(H,21,24);1H,(H,2,3). The third kappa shape index (κ3) is 4.77. The molecule has 8 heteroatoms. The van der Waals surface area contributed by atoms with Gasteiger partial charge in [-0.25, -0.2) is 4.68 Å². The molecule has 27 heavy (non-hydrogen) atoms. The molecule has 0 spiro atoms. The maximum atomic E-state index is 12.6. The van der Waals surface area contributed by atoms with E-state index in [0.29, 0.717) is 22.9 Å². The molecule has 0 atom stereocenters. The lowest BCUT2D eigenvalue weighted by Crippen LogP contribution is -2.17. The predicted molar refractivity (Wildman–Crippen MR) is 104 cm³/mol. The number of anilines is 1. The minimum atomic E-state index is -0.250. The van der Waals surface area contributed by atoms with Crippen LogP contribution in [0.25, 0.3) is 0 Å². The van der Waals surface area contributed by atoms with Gasteiger partial charge in [0.1, 0.15) is 5.82 Å². The van der Waals surface area contributed by atoms with Crippen LogP contribution in [0.15, 0.2) is 42.7 Å². The number of amides is 1. The summed E-state index contributed by atoms with van der Waals surface area (Å²) in [6, 6.07) is 9.43.